The van der Waals surface area contributed by atoms with Crippen molar-refractivity contribution in [3.63, 3.8) is 0 Å². The molecule has 1 aliphatic carbocycles. The van der Waals surface area contributed by atoms with Crippen LogP contribution in [0, 0.1) is 5.92 Å². The maximum Gasteiger partial charge on any atom is 0.0453 e. The minimum Gasteiger partial charge on any atom is -0.329 e. The highest BCUT2D eigenvalue weighted by Crippen LogP contribution is 2.41. The Bertz CT molecular complexity index is 448. The average molecular weight is 295 g/mol. The highest BCUT2D eigenvalue weighted by molar-refractivity contribution is 6.31. The number of nitrogens with zero attached hydrogens (tertiary/aromatic N) is 1. The van der Waals surface area contributed by atoms with Gasteiger partial charge < -0.3 is 5.73 Å². The molecule has 3 heteroatoms. The molecule has 1 aromatic rings. The molecule has 20 heavy (non-hydrogen) atoms. The second-order valence-electron chi connectivity index (χ2n) is 6.26. The Hall–Kier alpha value is -0.570. The molecule has 0 aliphatic heterocycles. The molecule has 0 radical (unpaired) electrons. The maximum absolute atomic E-state index is 6.37. The van der Waals surface area contributed by atoms with Gasteiger partial charge in [0.05, 0.1) is 0 Å². The van der Waals surface area contributed by atoms with E-state index in [1.807, 2.05) is 12.1 Å². The molecule has 1 saturated carbocycles. The van der Waals surface area contributed by atoms with Crippen LogP contribution in [0.4, 0.5) is 0 Å². The third-order valence-corrected chi connectivity index (χ3v) is 5.75. The second kappa shape index (κ2) is 6.46. The van der Waals surface area contributed by atoms with Gasteiger partial charge in [-0.15, -0.1) is 0 Å². The molecule has 0 bridgehead atoms. The summed E-state index contributed by atoms with van der Waals surface area (Å²) in [6.07, 6.45) is 5.07. The number of halogens is 1. The number of hydrogen-bond acceptors (Lipinski definition) is 2. The molecule has 2 N–H and O–H groups in total. The fraction of sp³-hybridized carbons (Fsp3) is 0.647. The van der Waals surface area contributed by atoms with E-state index in [1.165, 1.54) is 31.2 Å². The van der Waals surface area contributed by atoms with Gasteiger partial charge in [-0.25, -0.2) is 0 Å². The number of likely N-dealkylation sites (N-methyl/N-ethyl adjacent to an activating group) is 1. The Kier molecular flexibility index (Phi) is 5.11. The smallest absolute Gasteiger partial charge is 0.0453 e. The topological polar surface area (TPSA) is 29.3 Å². The van der Waals surface area contributed by atoms with Crippen molar-refractivity contribution in [1.29, 1.82) is 0 Å². The van der Waals surface area contributed by atoms with E-state index in [0.29, 0.717) is 5.92 Å². The minimum atomic E-state index is 0.108. The molecular weight excluding hydrogens is 268 g/mol. The average Bonchev–Trinajstić information content (AvgIpc) is 2.47. The predicted molar refractivity (Wildman–Crippen MR) is 87.0 cm³/mol. The van der Waals surface area contributed by atoms with E-state index in [4.69, 9.17) is 17.3 Å². The largest absolute Gasteiger partial charge is 0.329 e. The molecule has 0 saturated heterocycles. The summed E-state index contributed by atoms with van der Waals surface area (Å²) in [6.45, 7) is 5.31. The van der Waals surface area contributed by atoms with Gasteiger partial charge in [-0.2, -0.15) is 0 Å². The van der Waals surface area contributed by atoms with Gasteiger partial charge in [0.2, 0.25) is 0 Å². The Morgan fingerprint density at radius 2 is 2.10 bits per heavy atom. The van der Waals surface area contributed by atoms with Crippen LogP contribution in [-0.4, -0.2) is 24.0 Å². The lowest BCUT2D eigenvalue weighted by Crippen LogP contribution is -2.58. The Morgan fingerprint density at radius 3 is 2.70 bits per heavy atom. The maximum atomic E-state index is 6.37. The van der Waals surface area contributed by atoms with Crippen molar-refractivity contribution in [1.82, 2.24) is 4.90 Å². The quantitative estimate of drug-likeness (QED) is 0.900. The summed E-state index contributed by atoms with van der Waals surface area (Å²) < 4.78 is 0. The number of benzene rings is 1. The van der Waals surface area contributed by atoms with Crippen LogP contribution in [0.15, 0.2) is 24.3 Å². The lowest BCUT2D eigenvalue weighted by molar-refractivity contribution is 0.00652. The first-order valence-corrected chi connectivity index (χ1v) is 8.08. The standard InChI is InChI=1S/C17H27ClN2/c1-13-8-6-7-11-17(13,12-19)20(3)14(2)15-9-4-5-10-16(15)18/h4-5,9-10,13-14H,6-8,11-12,19H2,1-3H3. The van der Waals surface area contributed by atoms with E-state index >= 15 is 0 Å². The second-order valence-corrected chi connectivity index (χ2v) is 6.67. The summed E-state index contributed by atoms with van der Waals surface area (Å²) in [5, 5.41) is 0.850. The molecule has 2 nitrogen and oxygen atoms in total. The first kappa shape index (κ1) is 15.8. The highest BCUT2D eigenvalue weighted by atomic mass is 35.5. The number of hydrogen-bond donors (Lipinski definition) is 1. The van der Waals surface area contributed by atoms with Crippen LogP contribution in [0.1, 0.15) is 51.1 Å². The van der Waals surface area contributed by atoms with Crippen molar-refractivity contribution in [2.75, 3.05) is 13.6 Å². The van der Waals surface area contributed by atoms with Gasteiger partial charge in [0, 0.05) is 23.1 Å². The van der Waals surface area contributed by atoms with Gasteiger partial charge in [0.25, 0.3) is 0 Å². The molecule has 0 heterocycles. The lowest BCUT2D eigenvalue weighted by Gasteiger charge is -2.51. The van der Waals surface area contributed by atoms with Crippen molar-refractivity contribution in [3.8, 4) is 0 Å². The predicted octanol–water partition coefficient (Wildman–Crippen LogP) is 4.24. The molecule has 1 aromatic carbocycles. The van der Waals surface area contributed by atoms with E-state index in [-0.39, 0.29) is 11.6 Å². The molecule has 1 fully saturated rings. The number of rotatable bonds is 4. The fourth-order valence-corrected chi connectivity index (χ4v) is 4.07. The SMILES string of the molecule is CC(c1ccccc1Cl)N(C)C1(CN)CCCCC1C. The zero-order valence-electron chi connectivity index (χ0n) is 12.9. The van der Waals surface area contributed by atoms with Gasteiger partial charge >= 0.3 is 0 Å². The van der Waals surface area contributed by atoms with E-state index in [2.05, 4.69) is 37.9 Å². The Morgan fingerprint density at radius 1 is 1.40 bits per heavy atom. The van der Waals surface area contributed by atoms with E-state index < -0.39 is 0 Å². The van der Waals surface area contributed by atoms with Crippen molar-refractivity contribution in [3.05, 3.63) is 34.9 Å². The van der Waals surface area contributed by atoms with Crippen molar-refractivity contribution < 1.29 is 0 Å². The normalized spacial score (nSPS) is 28.6. The van der Waals surface area contributed by atoms with Crippen LogP contribution in [0.5, 0.6) is 0 Å². The first-order chi connectivity index (χ1) is 9.53. The molecule has 0 aromatic heterocycles. The molecule has 2 rings (SSSR count). The van der Waals surface area contributed by atoms with Gasteiger partial charge in [0.1, 0.15) is 0 Å². The molecule has 3 unspecified atom stereocenters. The van der Waals surface area contributed by atoms with Gasteiger partial charge in [-0.3, -0.25) is 4.90 Å². The van der Waals surface area contributed by atoms with Gasteiger partial charge in [0.15, 0.2) is 0 Å². The summed E-state index contributed by atoms with van der Waals surface area (Å²) in [5.74, 6) is 0.635. The van der Waals surface area contributed by atoms with Crippen molar-refractivity contribution in [2.24, 2.45) is 11.7 Å². The third kappa shape index (κ3) is 2.74. The summed E-state index contributed by atoms with van der Waals surface area (Å²) >= 11 is 6.37. The summed E-state index contributed by atoms with van der Waals surface area (Å²) in [5.41, 5.74) is 7.51. The lowest BCUT2D eigenvalue weighted by atomic mass is 9.72. The van der Waals surface area contributed by atoms with Gasteiger partial charge in [-0.05, 0) is 44.4 Å². The van der Waals surface area contributed by atoms with E-state index in [1.54, 1.807) is 0 Å². The Labute approximate surface area is 128 Å². The van der Waals surface area contributed by atoms with Crippen LogP contribution in [0.2, 0.25) is 5.02 Å². The molecule has 0 amide bonds. The monoisotopic (exact) mass is 294 g/mol. The van der Waals surface area contributed by atoms with Crippen LogP contribution in [-0.2, 0) is 0 Å². The fourth-order valence-electron chi connectivity index (χ4n) is 3.78. The van der Waals surface area contributed by atoms with Gasteiger partial charge in [-0.1, -0.05) is 49.6 Å². The zero-order chi connectivity index (χ0) is 14.8. The van der Waals surface area contributed by atoms with Crippen molar-refractivity contribution >= 4 is 11.6 Å². The summed E-state index contributed by atoms with van der Waals surface area (Å²) in [4.78, 5) is 2.47. The molecule has 3 atom stereocenters. The number of nitrogens with two attached hydrogens (primary N) is 1. The highest BCUT2D eigenvalue weighted by Gasteiger charge is 2.42. The van der Waals surface area contributed by atoms with Crippen LogP contribution in [0.3, 0.4) is 0 Å². The molecule has 112 valence electrons. The zero-order valence-corrected chi connectivity index (χ0v) is 13.7. The third-order valence-electron chi connectivity index (χ3n) is 5.41. The summed E-state index contributed by atoms with van der Waals surface area (Å²) in [6, 6.07) is 8.43. The minimum absolute atomic E-state index is 0.108. The molecule has 1 aliphatic rings. The van der Waals surface area contributed by atoms with Crippen molar-refractivity contribution in [2.45, 2.75) is 51.1 Å². The van der Waals surface area contributed by atoms with Crippen LogP contribution >= 0.6 is 11.6 Å². The Balaban J connectivity index is 2.28. The van der Waals surface area contributed by atoms with E-state index in [9.17, 15) is 0 Å². The summed E-state index contributed by atoms with van der Waals surface area (Å²) in [7, 11) is 2.21. The molecular formula is C17H27ClN2. The van der Waals surface area contributed by atoms with Crippen LogP contribution in [0.25, 0.3) is 0 Å². The van der Waals surface area contributed by atoms with E-state index in [0.717, 1.165) is 11.6 Å². The van der Waals surface area contributed by atoms with Crippen LogP contribution < -0.4 is 5.73 Å². The first-order valence-electron chi connectivity index (χ1n) is 7.70. The molecule has 0 spiro atoms.